The number of hydrogen-bond donors (Lipinski definition) is 4. The molecule has 0 saturated carbocycles. The molecule has 0 spiro atoms. The van der Waals surface area contributed by atoms with E-state index in [-0.39, 0.29) is 17.6 Å². The highest BCUT2D eigenvalue weighted by molar-refractivity contribution is 7.45. The van der Waals surface area contributed by atoms with Gasteiger partial charge in [-0.25, -0.2) is 9.55 Å². The highest BCUT2D eigenvalue weighted by atomic mass is 35.5. The van der Waals surface area contributed by atoms with E-state index in [1.54, 1.807) is 34.9 Å². The lowest BCUT2D eigenvalue weighted by atomic mass is 9.89. The van der Waals surface area contributed by atoms with Gasteiger partial charge in [-0.05, 0) is 72.7 Å². The van der Waals surface area contributed by atoms with E-state index in [0.717, 1.165) is 48.4 Å². The van der Waals surface area contributed by atoms with Gasteiger partial charge in [0.1, 0.15) is 17.1 Å². The standard InChI is InChI=1S/C29H28ClF3N4O2.H3O4P/c1-2-25-27(37-18-22(30)7-12-26(37)35-25)28(38)34-17-19-3-8-23(9-4-19)36-15-13-21(14-16-36)20-5-10-24(11-6-20)39-29(31,32)33;1-5(2,3)4/h3-12,18,21H,2,13-17H2,1H3,(H,34,38);(H3,1,2,3,4). The number of carbonyl (C=O) groups excluding carboxylic acids is 1. The largest absolute Gasteiger partial charge is 0.573 e. The number of aromatic nitrogens is 2. The Morgan fingerprint density at radius 3 is 2.23 bits per heavy atom. The molecule has 44 heavy (non-hydrogen) atoms. The molecule has 4 aromatic rings. The van der Waals surface area contributed by atoms with Gasteiger partial charge in [0.05, 0.1) is 10.7 Å². The van der Waals surface area contributed by atoms with Crippen LogP contribution in [0.2, 0.25) is 5.02 Å². The van der Waals surface area contributed by atoms with E-state index in [1.807, 2.05) is 19.1 Å². The Morgan fingerprint density at radius 2 is 1.66 bits per heavy atom. The maximum absolute atomic E-state index is 13.0. The molecule has 0 unspecified atom stereocenters. The number of carbonyl (C=O) groups is 1. The smallest absolute Gasteiger partial charge is 0.406 e. The van der Waals surface area contributed by atoms with Gasteiger partial charge >= 0.3 is 14.2 Å². The summed E-state index contributed by atoms with van der Waals surface area (Å²) in [7, 11) is -4.64. The summed E-state index contributed by atoms with van der Waals surface area (Å²) < 4.78 is 51.8. The van der Waals surface area contributed by atoms with Crippen LogP contribution in [-0.2, 0) is 17.5 Å². The van der Waals surface area contributed by atoms with Crippen molar-refractivity contribution in [2.75, 3.05) is 18.0 Å². The first-order valence-corrected chi connectivity index (χ1v) is 15.6. The number of fused-ring (bicyclic) bond motifs is 1. The molecule has 1 aliphatic rings. The minimum Gasteiger partial charge on any atom is -0.406 e. The number of benzene rings is 2. The summed E-state index contributed by atoms with van der Waals surface area (Å²) in [6, 6.07) is 17.9. The van der Waals surface area contributed by atoms with E-state index >= 15 is 0 Å². The summed E-state index contributed by atoms with van der Waals surface area (Å²) in [6.07, 6.45) is -0.546. The predicted octanol–water partition coefficient (Wildman–Crippen LogP) is 5.83. The highest BCUT2D eigenvalue weighted by Gasteiger charge is 2.31. The second kappa shape index (κ2) is 14.0. The third-order valence-corrected chi connectivity index (χ3v) is 7.26. The summed E-state index contributed by atoms with van der Waals surface area (Å²) in [4.78, 5) is 41.5. The lowest BCUT2D eigenvalue weighted by Crippen LogP contribution is -2.32. The first-order chi connectivity index (χ1) is 20.7. The van der Waals surface area contributed by atoms with Crippen molar-refractivity contribution in [1.29, 1.82) is 0 Å². The van der Waals surface area contributed by atoms with Crippen molar-refractivity contribution in [1.82, 2.24) is 14.7 Å². The minimum absolute atomic E-state index is 0.200. The average Bonchev–Trinajstić information content (AvgIpc) is 3.33. The molecule has 0 bridgehead atoms. The van der Waals surface area contributed by atoms with Gasteiger partial charge in [0, 0.05) is 31.5 Å². The van der Waals surface area contributed by atoms with E-state index in [2.05, 4.69) is 32.1 Å². The lowest BCUT2D eigenvalue weighted by molar-refractivity contribution is -0.274. The predicted molar refractivity (Wildman–Crippen MR) is 159 cm³/mol. The van der Waals surface area contributed by atoms with Crippen LogP contribution < -0.4 is 15.0 Å². The Hall–Kier alpha value is -3.61. The summed E-state index contributed by atoms with van der Waals surface area (Å²) in [6.45, 7) is 4.04. The van der Waals surface area contributed by atoms with E-state index in [1.165, 1.54) is 12.1 Å². The van der Waals surface area contributed by atoms with Crippen LogP contribution in [-0.4, -0.2) is 49.4 Å². The van der Waals surface area contributed by atoms with Crippen molar-refractivity contribution >= 4 is 36.7 Å². The number of imidazole rings is 1. The van der Waals surface area contributed by atoms with E-state index < -0.39 is 14.2 Å². The molecule has 2 aromatic heterocycles. The van der Waals surface area contributed by atoms with Crippen molar-refractivity contribution in [3.05, 3.63) is 94.4 Å². The molecule has 4 N–H and O–H groups in total. The van der Waals surface area contributed by atoms with Crippen LogP contribution in [0.4, 0.5) is 18.9 Å². The number of nitrogens with zero attached hydrogens (tertiary/aromatic N) is 3. The number of halogens is 4. The summed E-state index contributed by atoms with van der Waals surface area (Å²) >= 11 is 6.14. The molecule has 236 valence electrons. The molecule has 3 heterocycles. The summed E-state index contributed by atoms with van der Waals surface area (Å²) in [5.41, 5.74) is 5.00. The van der Waals surface area contributed by atoms with Crippen LogP contribution >= 0.6 is 19.4 Å². The molecule has 1 amide bonds. The Balaban J connectivity index is 0.000000818. The fraction of sp³-hybridized carbons (Fsp3) is 0.310. The second-order valence-electron chi connectivity index (χ2n) is 10.1. The maximum Gasteiger partial charge on any atom is 0.573 e. The summed E-state index contributed by atoms with van der Waals surface area (Å²) in [5, 5.41) is 3.53. The number of alkyl halides is 3. The minimum atomic E-state index is -4.68. The number of pyridine rings is 1. The monoisotopic (exact) mass is 654 g/mol. The molecule has 1 fully saturated rings. The van der Waals surface area contributed by atoms with E-state index in [9.17, 15) is 18.0 Å². The molecule has 0 radical (unpaired) electrons. The topological polar surface area (TPSA) is 137 Å². The molecule has 15 heteroatoms. The van der Waals surface area contributed by atoms with Crippen LogP contribution in [0.15, 0.2) is 66.9 Å². The molecular formula is C29H31ClF3N4O6P. The van der Waals surface area contributed by atoms with E-state index in [4.69, 9.17) is 30.8 Å². The van der Waals surface area contributed by atoms with Gasteiger partial charge in [-0.3, -0.25) is 9.20 Å². The van der Waals surface area contributed by atoms with Crippen molar-refractivity contribution in [3.8, 4) is 5.75 Å². The number of hydrogen-bond acceptors (Lipinski definition) is 5. The van der Waals surface area contributed by atoms with Gasteiger partial charge < -0.3 is 29.6 Å². The zero-order valence-electron chi connectivity index (χ0n) is 23.5. The van der Waals surface area contributed by atoms with Gasteiger partial charge in [0.25, 0.3) is 5.91 Å². The fourth-order valence-corrected chi connectivity index (χ4v) is 5.22. The zero-order valence-corrected chi connectivity index (χ0v) is 25.2. The third-order valence-electron chi connectivity index (χ3n) is 7.04. The van der Waals surface area contributed by atoms with E-state index in [0.29, 0.717) is 29.3 Å². The quantitative estimate of drug-likeness (QED) is 0.183. The van der Waals surface area contributed by atoms with Crippen LogP contribution in [0.25, 0.3) is 5.65 Å². The Bertz CT molecular complexity index is 1610. The molecule has 5 rings (SSSR count). The van der Waals surface area contributed by atoms with Crippen LogP contribution in [0, 0.1) is 0 Å². The number of anilines is 1. The van der Waals surface area contributed by atoms with Gasteiger partial charge in [-0.2, -0.15) is 0 Å². The van der Waals surface area contributed by atoms with Crippen LogP contribution in [0.1, 0.15) is 53.0 Å². The molecule has 0 aliphatic carbocycles. The molecular weight excluding hydrogens is 624 g/mol. The summed E-state index contributed by atoms with van der Waals surface area (Å²) in [5.74, 6) is -0.113. The fourth-order valence-electron chi connectivity index (χ4n) is 5.06. The Morgan fingerprint density at radius 1 is 1.05 bits per heavy atom. The first kappa shape index (κ1) is 33.3. The third kappa shape index (κ3) is 9.44. The number of amides is 1. The van der Waals surface area contributed by atoms with Gasteiger partial charge in [0.2, 0.25) is 0 Å². The SMILES string of the molecule is CCc1nc2ccc(Cl)cn2c1C(=O)NCc1ccc(N2CCC(c3ccc(OC(F)(F)F)cc3)CC2)cc1.O=P(O)(O)O. The molecule has 10 nitrogen and oxygen atoms in total. The number of rotatable bonds is 7. The maximum atomic E-state index is 13.0. The van der Waals surface area contributed by atoms with Crippen molar-refractivity contribution in [2.24, 2.45) is 0 Å². The highest BCUT2D eigenvalue weighted by Crippen LogP contribution is 2.32. The number of phosphoric acid groups is 1. The van der Waals surface area contributed by atoms with Gasteiger partial charge in [-0.1, -0.05) is 42.8 Å². The normalized spacial score (nSPS) is 14.2. The van der Waals surface area contributed by atoms with Gasteiger partial charge in [-0.15, -0.1) is 13.2 Å². The Labute approximate surface area is 256 Å². The Kier molecular flexibility index (Phi) is 10.6. The van der Waals surface area contributed by atoms with Crippen LogP contribution in [0.5, 0.6) is 5.75 Å². The molecule has 2 aromatic carbocycles. The molecule has 1 saturated heterocycles. The van der Waals surface area contributed by atoms with Crippen molar-refractivity contribution in [2.45, 2.75) is 45.0 Å². The first-order valence-electron chi connectivity index (χ1n) is 13.6. The number of aryl methyl sites for hydroxylation is 1. The lowest BCUT2D eigenvalue weighted by Gasteiger charge is -2.34. The van der Waals surface area contributed by atoms with Crippen LogP contribution in [0.3, 0.4) is 0 Å². The zero-order chi connectivity index (χ0) is 32.1. The number of nitrogens with one attached hydrogen (secondary N) is 1. The number of piperidine rings is 1. The number of ether oxygens (including phenoxy) is 1. The van der Waals surface area contributed by atoms with Crippen molar-refractivity contribution in [3.63, 3.8) is 0 Å². The molecule has 1 aliphatic heterocycles. The second-order valence-corrected chi connectivity index (χ2v) is 11.5. The molecule has 0 atom stereocenters. The average molecular weight is 655 g/mol. The van der Waals surface area contributed by atoms with Crippen molar-refractivity contribution < 1.29 is 41.9 Å². The van der Waals surface area contributed by atoms with Gasteiger partial charge in [0.15, 0.2) is 0 Å².